The molecule has 0 bridgehead atoms. The number of esters is 1. The van der Waals surface area contributed by atoms with Crippen LogP contribution in [0.5, 0.6) is 11.5 Å². The van der Waals surface area contributed by atoms with E-state index in [2.05, 4.69) is 18.7 Å². The monoisotopic (exact) mass is 332 g/mol. The van der Waals surface area contributed by atoms with Gasteiger partial charge in [0.15, 0.2) is 0 Å². The third kappa shape index (κ3) is 4.07. The van der Waals surface area contributed by atoms with Gasteiger partial charge in [-0.05, 0) is 24.6 Å². The van der Waals surface area contributed by atoms with Crippen LogP contribution in [0.4, 0.5) is 0 Å². The molecule has 3 aromatic carbocycles. The van der Waals surface area contributed by atoms with Crippen molar-refractivity contribution in [2.75, 3.05) is 6.61 Å². The largest absolute Gasteiger partial charge is 0.493 e. The topological polar surface area (TPSA) is 35.5 Å². The maximum absolute atomic E-state index is 11.8. The zero-order valence-electron chi connectivity index (χ0n) is 14.2. The van der Waals surface area contributed by atoms with Gasteiger partial charge in [-0.2, -0.15) is 0 Å². The molecule has 0 spiro atoms. The molecule has 0 saturated heterocycles. The van der Waals surface area contributed by atoms with E-state index < -0.39 is 5.97 Å². The number of ether oxygens (including phenoxy) is 2. The summed E-state index contributed by atoms with van der Waals surface area (Å²) in [7, 11) is 0. The molecule has 3 aromatic rings. The van der Waals surface area contributed by atoms with Crippen LogP contribution in [0.3, 0.4) is 0 Å². The molecule has 3 nitrogen and oxygen atoms in total. The van der Waals surface area contributed by atoms with Crippen LogP contribution in [0, 0.1) is 0 Å². The molecule has 0 saturated carbocycles. The van der Waals surface area contributed by atoms with Gasteiger partial charge in [-0.3, -0.25) is 0 Å². The standard InChI is InChI=1S/C22H20O3/c1-16(2)22(23)25-21-13-7-10-18-19(21)11-6-12-20(18)24-15-14-17-8-4-3-5-9-17/h3-13H,1,14-15H2,2H3. The second-order valence-corrected chi connectivity index (χ2v) is 5.86. The van der Waals surface area contributed by atoms with Gasteiger partial charge in [0.05, 0.1) is 6.61 Å². The normalized spacial score (nSPS) is 10.4. The summed E-state index contributed by atoms with van der Waals surface area (Å²) in [6.07, 6.45) is 0.835. The molecule has 0 aromatic heterocycles. The molecule has 0 unspecified atom stereocenters. The van der Waals surface area contributed by atoms with E-state index in [-0.39, 0.29) is 0 Å². The summed E-state index contributed by atoms with van der Waals surface area (Å²) in [6, 6.07) is 21.6. The highest BCUT2D eigenvalue weighted by atomic mass is 16.5. The molecule has 3 rings (SSSR count). The number of hydrogen-bond acceptors (Lipinski definition) is 3. The van der Waals surface area contributed by atoms with Gasteiger partial charge in [0.25, 0.3) is 0 Å². The molecule has 3 heteroatoms. The predicted molar refractivity (Wildman–Crippen MR) is 100 cm³/mol. The number of hydrogen-bond donors (Lipinski definition) is 0. The SMILES string of the molecule is C=C(C)C(=O)Oc1cccc2c(OCCc3ccccc3)cccc12. The Labute approximate surface area is 147 Å². The zero-order valence-corrected chi connectivity index (χ0v) is 14.2. The van der Waals surface area contributed by atoms with Crippen LogP contribution in [-0.2, 0) is 11.2 Å². The fourth-order valence-corrected chi connectivity index (χ4v) is 2.58. The van der Waals surface area contributed by atoms with Crippen molar-refractivity contribution in [3.05, 3.63) is 84.4 Å². The molecule has 0 fully saturated rings. The van der Waals surface area contributed by atoms with Crippen molar-refractivity contribution in [1.82, 2.24) is 0 Å². The number of carbonyl (C=O) groups excluding carboxylic acids is 1. The first-order valence-corrected chi connectivity index (χ1v) is 8.21. The zero-order chi connectivity index (χ0) is 17.6. The van der Waals surface area contributed by atoms with Crippen LogP contribution >= 0.6 is 0 Å². The highest BCUT2D eigenvalue weighted by Gasteiger charge is 2.11. The van der Waals surface area contributed by atoms with E-state index in [1.165, 1.54) is 5.56 Å². The second kappa shape index (κ2) is 7.67. The molecule has 0 atom stereocenters. The van der Waals surface area contributed by atoms with Crippen LogP contribution in [0.25, 0.3) is 10.8 Å². The Bertz CT molecular complexity index is 898. The summed E-state index contributed by atoms with van der Waals surface area (Å²) in [5, 5.41) is 1.76. The Morgan fingerprint density at radius 2 is 1.52 bits per heavy atom. The summed E-state index contributed by atoms with van der Waals surface area (Å²) in [5.41, 5.74) is 1.60. The molecule has 25 heavy (non-hydrogen) atoms. The van der Waals surface area contributed by atoms with Crippen LogP contribution in [-0.4, -0.2) is 12.6 Å². The Morgan fingerprint density at radius 1 is 0.880 bits per heavy atom. The minimum Gasteiger partial charge on any atom is -0.493 e. The van der Waals surface area contributed by atoms with Gasteiger partial charge in [0.2, 0.25) is 0 Å². The number of benzene rings is 3. The molecule has 0 N–H and O–H groups in total. The smallest absolute Gasteiger partial charge is 0.338 e. The lowest BCUT2D eigenvalue weighted by atomic mass is 10.1. The Balaban J connectivity index is 1.80. The van der Waals surface area contributed by atoms with Crippen molar-refractivity contribution in [2.24, 2.45) is 0 Å². The summed E-state index contributed by atoms with van der Waals surface area (Å²) in [6.45, 7) is 5.83. The third-order valence-electron chi connectivity index (χ3n) is 3.88. The molecular formula is C22H20O3. The average Bonchev–Trinajstić information content (AvgIpc) is 2.63. The van der Waals surface area contributed by atoms with E-state index in [0.29, 0.717) is 17.9 Å². The van der Waals surface area contributed by atoms with Crippen LogP contribution < -0.4 is 9.47 Å². The van der Waals surface area contributed by atoms with Crippen LogP contribution in [0.15, 0.2) is 78.9 Å². The maximum Gasteiger partial charge on any atom is 0.338 e. The van der Waals surface area contributed by atoms with E-state index in [9.17, 15) is 4.79 Å². The summed E-state index contributed by atoms with van der Waals surface area (Å²) >= 11 is 0. The maximum atomic E-state index is 11.8. The highest BCUT2D eigenvalue weighted by Crippen LogP contribution is 2.32. The second-order valence-electron chi connectivity index (χ2n) is 5.86. The quantitative estimate of drug-likeness (QED) is 0.364. The van der Waals surface area contributed by atoms with Gasteiger partial charge in [0.1, 0.15) is 11.5 Å². The van der Waals surface area contributed by atoms with Gasteiger partial charge >= 0.3 is 5.97 Å². The van der Waals surface area contributed by atoms with E-state index >= 15 is 0 Å². The van der Waals surface area contributed by atoms with Gasteiger partial charge in [-0.25, -0.2) is 4.79 Å². The average molecular weight is 332 g/mol. The van der Waals surface area contributed by atoms with Gasteiger partial charge in [-0.1, -0.05) is 61.2 Å². The Hall–Kier alpha value is -3.07. The third-order valence-corrected chi connectivity index (χ3v) is 3.88. The van der Waals surface area contributed by atoms with Crippen molar-refractivity contribution in [3.8, 4) is 11.5 Å². The van der Waals surface area contributed by atoms with E-state index in [1.54, 1.807) is 13.0 Å². The van der Waals surface area contributed by atoms with Crippen molar-refractivity contribution in [3.63, 3.8) is 0 Å². The number of rotatable bonds is 6. The molecule has 126 valence electrons. The molecule has 0 aliphatic heterocycles. The lowest BCUT2D eigenvalue weighted by molar-refractivity contribution is -0.129. The first kappa shape index (κ1) is 16.8. The molecule has 0 aliphatic carbocycles. The molecule has 0 amide bonds. The highest BCUT2D eigenvalue weighted by molar-refractivity contribution is 5.96. The summed E-state index contributed by atoms with van der Waals surface area (Å²) < 4.78 is 11.4. The van der Waals surface area contributed by atoms with Crippen LogP contribution in [0.2, 0.25) is 0 Å². The first-order chi connectivity index (χ1) is 12.1. The first-order valence-electron chi connectivity index (χ1n) is 8.21. The Morgan fingerprint density at radius 3 is 2.20 bits per heavy atom. The summed E-state index contributed by atoms with van der Waals surface area (Å²) in [5.74, 6) is 0.864. The molecule has 0 aliphatic rings. The molecule has 0 heterocycles. The lowest BCUT2D eigenvalue weighted by Crippen LogP contribution is -2.08. The van der Waals surface area contributed by atoms with E-state index in [1.807, 2.05) is 48.5 Å². The fraction of sp³-hybridized carbons (Fsp3) is 0.136. The number of carbonyl (C=O) groups is 1. The minimum atomic E-state index is -0.428. The van der Waals surface area contributed by atoms with Gasteiger partial charge in [-0.15, -0.1) is 0 Å². The van der Waals surface area contributed by atoms with Crippen molar-refractivity contribution < 1.29 is 14.3 Å². The van der Waals surface area contributed by atoms with Crippen molar-refractivity contribution in [1.29, 1.82) is 0 Å². The van der Waals surface area contributed by atoms with Crippen molar-refractivity contribution in [2.45, 2.75) is 13.3 Å². The van der Waals surface area contributed by atoms with E-state index in [0.717, 1.165) is 22.9 Å². The van der Waals surface area contributed by atoms with Crippen molar-refractivity contribution >= 4 is 16.7 Å². The Kier molecular flexibility index (Phi) is 5.14. The number of fused-ring (bicyclic) bond motifs is 1. The molecular weight excluding hydrogens is 312 g/mol. The lowest BCUT2D eigenvalue weighted by Gasteiger charge is -2.12. The van der Waals surface area contributed by atoms with Gasteiger partial charge in [0, 0.05) is 22.8 Å². The minimum absolute atomic E-state index is 0.368. The van der Waals surface area contributed by atoms with Crippen LogP contribution in [0.1, 0.15) is 12.5 Å². The fourth-order valence-electron chi connectivity index (χ4n) is 2.58. The summed E-state index contributed by atoms with van der Waals surface area (Å²) in [4.78, 5) is 11.8. The van der Waals surface area contributed by atoms with E-state index in [4.69, 9.17) is 9.47 Å². The molecule has 0 radical (unpaired) electrons. The van der Waals surface area contributed by atoms with Gasteiger partial charge < -0.3 is 9.47 Å². The predicted octanol–water partition coefficient (Wildman–Crippen LogP) is 4.94.